The zero-order valence-corrected chi connectivity index (χ0v) is 17.9. The van der Waals surface area contributed by atoms with Crippen LogP contribution in [-0.4, -0.2) is 21.0 Å². The van der Waals surface area contributed by atoms with Crippen molar-refractivity contribution < 1.29 is 14.5 Å². The Morgan fingerprint density at radius 3 is 2.84 bits per heavy atom. The molecule has 1 saturated heterocycles. The van der Waals surface area contributed by atoms with E-state index in [2.05, 4.69) is 4.98 Å². The number of hydrogen-bond acceptors (Lipinski definition) is 8. The molecule has 0 radical (unpaired) electrons. The Bertz CT molecular complexity index is 1210. The minimum absolute atomic E-state index is 0.0267. The number of carbonyl (C=O) groups is 1. The van der Waals surface area contributed by atoms with Crippen LogP contribution in [0.3, 0.4) is 0 Å². The van der Waals surface area contributed by atoms with Crippen molar-refractivity contribution in [2.45, 2.75) is 13.5 Å². The van der Waals surface area contributed by atoms with E-state index in [0.717, 1.165) is 22.9 Å². The first-order valence-corrected chi connectivity index (χ1v) is 10.8. The molecular weight excluding hydrogens is 436 g/mol. The van der Waals surface area contributed by atoms with Crippen LogP contribution >= 0.6 is 23.1 Å². The van der Waals surface area contributed by atoms with Crippen LogP contribution in [0.15, 0.2) is 58.9 Å². The fraction of sp³-hybridized carbons (Fsp3) is 0.0952. The van der Waals surface area contributed by atoms with Gasteiger partial charge in [-0.2, -0.15) is 0 Å². The number of anilines is 1. The molecule has 1 N–H and O–H groups in total. The average Bonchev–Trinajstić information content (AvgIpc) is 3.35. The number of nitrogens with zero attached hydrogens (tertiary/aromatic N) is 3. The zero-order chi connectivity index (χ0) is 22.0. The number of thioether (sulfide) groups is 1. The quantitative estimate of drug-likeness (QED) is 0.320. The summed E-state index contributed by atoms with van der Waals surface area (Å²) < 4.78 is 5.92. The number of aromatic nitrogens is 1. The SMILES string of the molecule is Cc1cccc(COc2ccc([N+](=O)[O-])cc2C=C2SC(=N)N(c3nccs3)C2=O)c1. The Labute approximate surface area is 185 Å². The lowest BCUT2D eigenvalue weighted by atomic mass is 10.1. The summed E-state index contributed by atoms with van der Waals surface area (Å²) in [5, 5.41) is 21.6. The van der Waals surface area contributed by atoms with Gasteiger partial charge >= 0.3 is 0 Å². The molecule has 0 aliphatic carbocycles. The molecule has 0 spiro atoms. The minimum Gasteiger partial charge on any atom is -0.488 e. The van der Waals surface area contributed by atoms with E-state index < -0.39 is 10.8 Å². The van der Waals surface area contributed by atoms with Crippen molar-refractivity contribution in [2.75, 3.05) is 4.90 Å². The zero-order valence-electron chi connectivity index (χ0n) is 16.3. The molecule has 1 fully saturated rings. The van der Waals surface area contributed by atoms with Crippen LogP contribution in [0.25, 0.3) is 6.08 Å². The standard InChI is InChI=1S/C21H16N4O4S2/c1-13-3-2-4-14(9-13)12-29-17-6-5-16(25(27)28)10-15(17)11-18-19(26)24(20(22)31-18)21-23-7-8-30-21/h2-11,22H,12H2,1H3. The number of benzene rings is 2. The highest BCUT2D eigenvalue weighted by Crippen LogP contribution is 2.37. The molecule has 31 heavy (non-hydrogen) atoms. The third-order valence-corrected chi connectivity index (χ3v) is 6.05. The summed E-state index contributed by atoms with van der Waals surface area (Å²) in [6, 6.07) is 12.1. The molecule has 1 aromatic heterocycles. The van der Waals surface area contributed by atoms with Gasteiger partial charge < -0.3 is 4.74 Å². The number of ether oxygens (including phenoxy) is 1. The Morgan fingerprint density at radius 1 is 1.29 bits per heavy atom. The van der Waals surface area contributed by atoms with Gasteiger partial charge in [-0.15, -0.1) is 11.3 Å². The Hall–Kier alpha value is -3.50. The smallest absolute Gasteiger partial charge is 0.273 e. The second kappa shape index (κ2) is 8.70. The van der Waals surface area contributed by atoms with Crippen molar-refractivity contribution in [3.05, 3.63) is 85.8 Å². The number of non-ortho nitro benzene ring substituents is 1. The van der Waals surface area contributed by atoms with Gasteiger partial charge in [0, 0.05) is 29.3 Å². The maximum absolute atomic E-state index is 12.9. The monoisotopic (exact) mass is 452 g/mol. The number of thiazole rings is 1. The van der Waals surface area contributed by atoms with Crippen LogP contribution in [0.1, 0.15) is 16.7 Å². The van der Waals surface area contributed by atoms with E-state index in [4.69, 9.17) is 10.1 Å². The molecule has 3 aromatic rings. The number of nitro groups is 1. The Morgan fingerprint density at radius 2 is 2.13 bits per heavy atom. The molecule has 10 heteroatoms. The third-order valence-electron chi connectivity index (χ3n) is 4.40. The lowest BCUT2D eigenvalue weighted by molar-refractivity contribution is -0.384. The number of amidine groups is 1. The second-order valence-corrected chi connectivity index (χ2v) is 8.53. The number of aryl methyl sites for hydroxylation is 1. The van der Waals surface area contributed by atoms with E-state index in [9.17, 15) is 14.9 Å². The molecule has 4 rings (SSSR count). The number of rotatable bonds is 6. The van der Waals surface area contributed by atoms with E-state index in [0.29, 0.717) is 16.4 Å². The van der Waals surface area contributed by atoms with Crippen molar-refractivity contribution >= 4 is 51.1 Å². The van der Waals surface area contributed by atoms with Gasteiger partial charge in [0.2, 0.25) is 0 Å². The summed E-state index contributed by atoms with van der Waals surface area (Å²) in [5.41, 5.74) is 2.34. The van der Waals surface area contributed by atoms with Gasteiger partial charge in [0.15, 0.2) is 10.3 Å². The fourth-order valence-electron chi connectivity index (χ4n) is 2.99. The summed E-state index contributed by atoms with van der Waals surface area (Å²) in [6.45, 7) is 2.26. The molecule has 156 valence electrons. The number of nitrogens with one attached hydrogen (secondary N) is 1. The van der Waals surface area contributed by atoms with Gasteiger partial charge in [0.25, 0.3) is 11.6 Å². The van der Waals surface area contributed by atoms with Crippen LogP contribution in [0.4, 0.5) is 10.8 Å². The minimum atomic E-state index is -0.500. The molecule has 0 saturated carbocycles. The molecule has 0 unspecified atom stereocenters. The summed E-state index contributed by atoms with van der Waals surface area (Å²) in [7, 11) is 0. The molecular formula is C21H16N4O4S2. The first-order chi connectivity index (χ1) is 14.9. The molecule has 0 bridgehead atoms. The maximum atomic E-state index is 12.9. The topological polar surface area (TPSA) is 109 Å². The highest BCUT2D eigenvalue weighted by atomic mass is 32.2. The molecule has 2 aromatic carbocycles. The van der Waals surface area contributed by atoms with E-state index in [1.54, 1.807) is 11.6 Å². The van der Waals surface area contributed by atoms with Gasteiger partial charge in [-0.25, -0.2) is 9.88 Å². The van der Waals surface area contributed by atoms with Crippen molar-refractivity contribution in [3.63, 3.8) is 0 Å². The molecule has 2 heterocycles. The van der Waals surface area contributed by atoms with Gasteiger partial charge in [0.1, 0.15) is 12.4 Å². The molecule has 8 nitrogen and oxygen atoms in total. The summed E-state index contributed by atoms with van der Waals surface area (Å²) >= 11 is 2.23. The Kier molecular flexibility index (Phi) is 5.83. The third kappa shape index (κ3) is 4.49. The van der Waals surface area contributed by atoms with Crippen LogP contribution < -0.4 is 9.64 Å². The van der Waals surface area contributed by atoms with Crippen LogP contribution in [0.2, 0.25) is 0 Å². The number of nitro benzene ring substituents is 1. The summed E-state index contributed by atoms with van der Waals surface area (Å²) in [6.07, 6.45) is 3.08. The largest absolute Gasteiger partial charge is 0.488 e. The first-order valence-electron chi connectivity index (χ1n) is 9.11. The highest BCUT2D eigenvalue weighted by molar-refractivity contribution is 8.19. The van der Waals surface area contributed by atoms with Crippen LogP contribution in [0, 0.1) is 22.4 Å². The highest BCUT2D eigenvalue weighted by Gasteiger charge is 2.35. The molecule has 0 atom stereocenters. The van der Waals surface area contributed by atoms with Crippen molar-refractivity contribution in [1.29, 1.82) is 5.41 Å². The number of hydrogen-bond donors (Lipinski definition) is 1. The predicted molar refractivity (Wildman–Crippen MR) is 122 cm³/mol. The Balaban J connectivity index is 1.66. The molecule has 1 aliphatic rings. The summed E-state index contributed by atoms with van der Waals surface area (Å²) in [4.78, 5) is 29.2. The predicted octanol–water partition coefficient (Wildman–Crippen LogP) is 4.99. The van der Waals surface area contributed by atoms with Crippen LogP contribution in [0.5, 0.6) is 5.75 Å². The molecule has 1 aliphatic heterocycles. The lowest BCUT2D eigenvalue weighted by Gasteiger charge is -2.11. The van der Waals surface area contributed by atoms with E-state index in [1.807, 2.05) is 31.2 Å². The van der Waals surface area contributed by atoms with E-state index >= 15 is 0 Å². The van der Waals surface area contributed by atoms with Gasteiger partial charge in [-0.05, 0) is 36.4 Å². The second-order valence-electron chi connectivity index (χ2n) is 6.63. The summed E-state index contributed by atoms with van der Waals surface area (Å²) in [5.74, 6) is 0.00771. The average molecular weight is 453 g/mol. The van der Waals surface area contributed by atoms with Gasteiger partial charge in [0.05, 0.1) is 9.83 Å². The van der Waals surface area contributed by atoms with Crippen molar-refractivity contribution in [1.82, 2.24) is 4.98 Å². The lowest BCUT2D eigenvalue weighted by Crippen LogP contribution is -2.27. The normalized spacial score (nSPS) is 15.0. The maximum Gasteiger partial charge on any atom is 0.273 e. The van der Waals surface area contributed by atoms with Crippen molar-refractivity contribution in [2.24, 2.45) is 0 Å². The molecule has 1 amide bonds. The van der Waals surface area contributed by atoms with Gasteiger partial charge in [-0.1, -0.05) is 29.8 Å². The van der Waals surface area contributed by atoms with Crippen molar-refractivity contribution in [3.8, 4) is 5.75 Å². The van der Waals surface area contributed by atoms with E-state index in [-0.39, 0.29) is 22.4 Å². The number of carbonyl (C=O) groups excluding carboxylic acids is 1. The first kappa shape index (κ1) is 20.8. The van der Waals surface area contributed by atoms with E-state index in [1.165, 1.54) is 40.5 Å². The number of amides is 1. The fourth-order valence-corrected chi connectivity index (χ4v) is 4.52. The van der Waals surface area contributed by atoms with Crippen LogP contribution in [-0.2, 0) is 11.4 Å². The van der Waals surface area contributed by atoms with Gasteiger partial charge in [-0.3, -0.25) is 20.3 Å².